The highest BCUT2D eigenvalue weighted by atomic mass is 16.5. The highest BCUT2D eigenvalue weighted by Crippen LogP contribution is 2.14. The quantitative estimate of drug-likeness (QED) is 0.632. The van der Waals surface area contributed by atoms with E-state index in [-0.39, 0.29) is 6.61 Å². The number of hydrogen-bond donors (Lipinski definition) is 2. The van der Waals surface area contributed by atoms with Gasteiger partial charge in [-0.3, -0.25) is 4.79 Å². The van der Waals surface area contributed by atoms with Gasteiger partial charge in [0.1, 0.15) is 5.75 Å². The van der Waals surface area contributed by atoms with Gasteiger partial charge in [0.25, 0.3) is 5.91 Å². The van der Waals surface area contributed by atoms with Crippen molar-refractivity contribution >= 4 is 11.9 Å². The van der Waals surface area contributed by atoms with Crippen LogP contribution in [0.4, 0.5) is 0 Å². The molecule has 0 aromatic heterocycles. The standard InChI is InChI=1S/C16H24N4O2/c17-15(21)12-22-14-7-5-6-13(10-14)11-19-16(18)20-8-3-1-2-4-9-20/h5-7,10H,1-4,8-9,11-12H2,(H2,17,21)(H2,18,19). The third-order valence-electron chi connectivity index (χ3n) is 3.63. The molecule has 1 heterocycles. The highest BCUT2D eigenvalue weighted by molar-refractivity contribution is 5.78. The predicted octanol–water partition coefficient (Wildman–Crippen LogP) is 1.24. The van der Waals surface area contributed by atoms with E-state index in [4.69, 9.17) is 16.2 Å². The molecule has 1 amide bonds. The number of aliphatic imine (C=N–C) groups is 1. The molecule has 0 radical (unpaired) electrons. The molecule has 6 nitrogen and oxygen atoms in total. The van der Waals surface area contributed by atoms with Crippen LogP contribution in [0.3, 0.4) is 0 Å². The average Bonchev–Trinajstić information content (AvgIpc) is 2.80. The Balaban J connectivity index is 1.93. The SMILES string of the molecule is NC(=O)COc1cccc(CN=C(N)N2CCCCCC2)c1. The summed E-state index contributed by atoms with van der Waals surface area (Å²) in [5.41, 5.74) is 12.1. The van der Waals surface area contributed by atoms with Crippen LogP contribution in [0, 0.1) is 0 Å². The molecule has 1 aromatic rings. The minimum absolute atomic E-state index is 0.122. The van der Waals surface area contributed by atoms with E-state index in [1.54, 1.807) is 6.07 Å². The van der Waals surface area contributed by atoms with Gasteiger partial charge in [-0.2, -0.15) is 0 Å². The monoisotopic (exact) mass is 304 g/mol. The number of carbonyl (C=O) groups is 1. The fraction of sp³-hybridized carbons (Fsp3) is 0.500. The zero-order valence-corrected chi connectivity index (χ0v) is 12.8. The predicted molar refractivity (Wildman–Crippen MR) is 86.5 cm³/mol. The Morgan fingerprint density at radius 3 is 2.59 bits per heavy atom. The van der Waals surface area contributed by atoms with E-state index in [1.807, 2.05) is 18.2 Å². The summed E-state index contributed by atoms with van der Waals surface area (Å²) in [6, 6.07) is 7.45. The maximum absolute atomic E-state index is 10.7. The molecule has 0 saturated carbocycles. The topological polar surface area (TPSA) is 93.9 Å². The summed E-state index contributed by atoms with van der Waals surface area (Å²) >= 11 is 0. The number of nitrogens with two attached hydrogens (primary N) is 2. The zero-order chi connectivity index (χ0) is 15.8. The van der Waals surface area contributed by atoms with Crippen molar-refractivity contribution in [1.82, 2.24) is 4.90 Å². The van der Waals surface area contributed by atoms with Gasteiger partial charge in [0.05, 0.1) is 6.54 Å². The Hall–Kier alpha value is -2.24. The van der Waals surface area contributed by atoms with Gasteiger partial charge in [0, 0.05) is 13.1 Å². The van der Waals surface area contributed by atoms with E-state index >= 15 is 0 Å². The number of ether oxygens (including phenoxy) is 1. The lowest BCUT2D eigenvalue weighted by molar-refractivity contribution is -0.119. The van der Waals surface area contributed by atoms with Gasteiger partial charge < -0.3 is 21.1 Å². The van der Waals surface area contributed by atoms with Gasteiger partial charge in [-0.25, -0.2) is 4.99 Å². The maximum atomic E-state index is 10.7. The number of primary amides is 1. The van der Waals surface area contributed by atoms with Crippen LogP contribution in [-0.4, -0.2) is 36.5 Å². The molecule has 0 aliphatic carbocycles. The lowest BCUT2D eigenvalue weighted by atomic mass is 10.2. The second kappa shape index (κ2) is 8.26. The molecule has 1 fully saturated rings. The second-order valence-corrected chi connectivity index (χ2v) is 5.48. The number of likely N-dealkylation sites (tertiary alicyclic amines) is 1. The van der Waals surface area contributed by atoms with E-state index in [2.05, 4.69) is 9.89 Å². The van der Waals surface area contributed by atoms with Gasteiger partial charge >= 0.3 is 0 Å². The molecule has 2 rings (SSSR count). The summed E-state index contributed by atoms with van der Waals surface area (Å²) in [6.07, 6.45) is 4.88. The van der Waals surface area contributed by atoms with Crippen LogP contribution in [0.1, 0.15) is 31.2 Å². The molecule has 0 bridgehead atoms. The normalized spacial score (nSPS) is 16.2. The van der Waals surface area contributed by atoms with E-state index in [0.717, 1.165) is 18.7 Å². The van der Waals surface area contributed by atoms with Crippen molar-refractivity contribution in [3.8, 4) is 5.75 Å². The molecule has 22 heavy (non-hydrogen) atoms. The molecule has 4 N–H and O–H groups in total. The zero-order valence-electron chi connectivity index (χ0n) is 12.8. The van der Waals surface area contributed by atoms with Gasteiger partial charge in [-0.1, -0.05) is 25.0 Å². The van der Waals surface area contributed by atoms with Crippen molar-refractivity contribution < 1.29 is 9.53 Å². The summed E-state index contributed by atoms with van der Waals surface area (Å²) in [7, 11) is 0. The molecule has 1 aliphatic rings. The number of carbonyl (C=O) groups excluding carboxylic acids is 1. The summed E-state index contributed by atoms with van der Waals surface area (Å²) in [6.45, 7) is 2.34. The van der Waals surface area contributed by atoms with Crippen molar-refractivity contribution in [3.05, 3.63) is 29.8 Å². The lowest BCUT2D eigenvalue weighted by Crippen LogP contribution is -2.38. The van der Waals surface area contributed by atoms with Gasteiger partial charge in [0.2, 0.25) is 0 Å². The highest BCUT2D eigenvalue weighted by Gasteiger charge is 2.10. The van der Waals surface area contributed by atoms with E-state index in [1.165, 1.54) is 25.7 Å². The van der Waals surface area contributed by atoms with Crippen LogP contribution in [-0.2, 0) is 11.3 Å². The van der Waals surface area contributed by atoms with Crippen LogP contribution in [0.25, 0.3) is 0 Å². The van der Waals surface area contributed by atoms with E-state index in [0.29, 0.717) is 18.3 Å². The lowest BCUT2D eigenvalue weighted by Gasteiger charge is -2.21. The Morgan fingerprint density at radius 2 is 1.91 bits per heavy atom. The molecule has 1 saturated heterocycles. The van der Waals surface area contributed by atoms with Gasteiger partial charge in [-0.15, -0.1) is 0 Å². The Kier molecular flexibility index (Phi) is 6.06. The molecule has 6 heteroatoms. The van der Waals surface area contributed by atoms with Crippen LogP contribution in [0.2, 0.25) is 0 Å². The first-order chi connectivity index (χ1) is 10.6. The van der Waals surface area contributed by atoms with Gasteiger partial charge in [0.15, 0.2) is 12.6 Å². The summed E-state index contributed by atoms with van der Waals surface area (Å²) in [5.74, 6) is 0.721. The maximum Gasteiger partial charge on any atom is 0.255 e. The van der Waals surface area contributed by atoms with E-state index < -0.39 is 5.91 Å². The van der Waals surface area contributed by atoms with Crippen molar-refractivity contribution in [1.29, 1.82) is 0 Å². The third-order valence-corrected chi connectivity index (χ3v) is 3.63. The Labute approximate surface area is 131 Å². The first-order valence-corrected chi connectivity index (χ1v) is 7.70. The molecular weight excluding hydrogens is 280 g/mol. The van der Waals surface area contributed by atoms with Gasteiger partial charge in [-0.05, 0) is 30.5 Å². The number of rotatable bonds is 5. The molecule has 0 unspecified atom stereocenters. The largest absolute Gasteiger partial charge is 0.484 e. The smallest absolute Gasteiger partial charge is 0.255 e. The number of nitrogens with zero attached hydrogens (tertiary/aromatic N) is 2. The first-order valence-electron chi connectivity index (χ1n) is 7.70. The second-order valence-electron chi connectivity index (χ2n) is 5.48. The number of amides is 1. The molecule has 1 aliphatic heterocycles. The summed E-state index contributed by atoms with van der Waals surface area (Å²) in [4.78, 5) is 17.4. The molecular formula is C16H24N4O2. The first kappa shape index (κ1) is 16.1. The third kappa shape index (κ3) is 5.27. The van der Waals surface area contributed by atoms with Crippen molar-refractivity contribution in [2.24, 2.45) is 16.5 Å². The molecule has 0 spiro atoms. The van der Waals surface area contributed by atoms with Crippen LogP contribution in [0.15, 0.2) is 29.3 Å². The minimum Gasteiger partial charge on any atom is -0.484 e. The van der Waals surface area contributed by atoms with Crippen molar-refractivity contribution in [3.63, 3.8) is 0 Å². The van der Waals surface area contributed by atoms with Crippen LogP contribution >= 0.6 is 0 Å². The Bertz CT molecular complexity index is 523. The van der Waals surface area contributed by atoms with Crippen molar-refractivity contribution in [2.75, 3.05) is 19.7 Å². The van der Waals surface area contributed by atoms with Crippen molar-refractivity contribution in [2.45, 2.75) is 32.2 Å². The number of benzene rings is 1. The van der Waals surface area contributed by atoms with Crippen LogP contribution < -0.4 is 16.2 Å². The number of hydrogen-bond acceptors (Lipinski definition) is 3. The average molecular weight is 304 g/mol. The number of guanidine groups is 1. The summed E-state index contributed by atoms with van der Waals surface area (Å²) < 4.78 is 5.28. The Morgan fingerprint density at radius 1 is 1.18 bits per heavy atom. The van der Waals surface area contributed by atoms with E-state index in [9.17, 15) is 4.79 Å². The molecule has 0 atom stereocenters. The molecule has 120 valence electrons. The summed E-state index contributed by atoms with van der Waals surface area (Å²) in [5, 5.41) is 0. The van der Waals surface area contributed by atoms with Crippen LogP contribution in [0.5, 0.6) is 5.75 Å². The fourth-order valence-electron chi connectivity index (χ4n) is 2.46. The molecule has 1 aromatic carbocycles. The fourth-order valence-corrected chi connectivity index (χ4v) is 2.46. The minimum atomic E-state index is -0.492.